The first kappa shape index (κ1) is 11.4. The van der Waals surface area contributed by atoms with Crippen LogP contribution in [0, 0.1) is 11.8 Å². The highest BCUT2D eigenvalue weighted by Crippen LogP contribution is 2.38. The van der Waals surface area contributed by atoms with Crippen LogP contribution >= 0.6 is 0 Å². The zero-order valence-electron chi connectivity index (χ0n) is 10.4. The summed E-state index contributed by atoms with van der Waals surface area (Å²) in [5, 5.41) is 3.75. The first-order chi connectivity index (χ1) is 7.17. The van der Waals surface area contributed by atoms with E-state index in [0.29, 0.717) is 0 Å². The van der Waals surface area contributed by atoms with Gasteiger partial charge in [-0.05, 0) is 43.9 Å². The first-order valence-electron chi connectivity index (χ1n) is 6.45. The number of nitrogens with one attached hydrogen (secondary N) is 1. The lowest BCUT2D eigenvalue weighted by Gasteiger charge is -2.42. The summed E-state index contributed by atoms with van der Waals surface area (Å²) < 4.78 is 5.64. The third kappa shape index (κ3) is 2.54. The predicted molar refractivity (Wildman–Crippen MR) is 62.9 cm³/mol. The van der Waals surface area contributed by atoms with E-state index in [1.54, 1.807) is 0 Å². The van der Waals surface area contributed by atoms with Crippen molar-refractivity contribution < 1.29 is 4.74 Å². The van der Waals surface area contributed by atoms with Crippen LogP contribution in [0.1, 0.15) is 46.0 Å². The molecule has 1 unspecified atom stereocenters. The maximum atomic E-state index is 5.64. The molecule has 2 aliphatic carbocycles. The third-order valence-corrected chi connectivity index (χ3v) is 4.21. The molecule has 0 aromatic carbocycles. The zero-order valence-corrected chi connectivity index (χ0v) is 10.4. The molecule has 15 heavy (non-hydrogen) atoms. The molecule has 0 radical (unpaired) electrons. The Bertz CT molecular complexity index is 199. The Morgan fingerprint density at radius 1 is 1.33 bits per heavy atom. The van der Waals surface area contributed by atoms with Gasteiger partial charge in [0.15, 0.2) is 0 Å². The van der Waals surface area contributed by atoms with Crippen LogP contribution in [0.5, 0.6) is 0 Å². The number of rotatable bonds is 6. The summed E-state index contributed by atoms with van der Waals surface area (Å²) in [6, 6.07) is 0.720. The van der Waals surface area contributed by atoms with Crippen molar-refractivity contribution in [2.24, 2.45) is 11.8 Å². The molecule has 2 heteroatoms. The van der Waals surface area contributed by atoms with Crippen molar-refractivity contribution in [3.63, 3.8) is 0 Å². The molecule has 1 N–H and O–H groups in total. The van der Waals surface area contributed by atoms with E-state index < -0.39 is 0 Å². The summed E-state index contributed by atoms with van der Waals surface area (Å²) in [6.07, 6.45) is 6.68. The van der Waals surface area contributed by atoms with E-state index in [1.165, 1.54) is 32.1 Å². The lowest BCUT2D eigenvalue weighted by Crippen LogP contribution is -2.51. The summed E-state index contributed by atoms with van der Waals surface area (Å²) in [4.78, 5) is 0. The highest BCUT2D eigenvalue weighted by molar-refractivity contribution is 4.95. The molecule has 2 nitrogen and oxygen atoms in total. The van der Waals surface area contributed by atoms with Crippen LogP contribution in [0.15, 0.2) is 0 Å². The van der Waals surface area contributed by atoms with Crippen LogP contribution in [-0.4, -0.2) is 25.3 Å². The molecule has 0 aromatic heterocycles. The predicted octanol–water partition coefficient (Wildman–Crippen LogP) is 2.58. The van der Waals surface area contributed by atoms with Crippen molar-refractivity contribution in [1.29, 1.82) is 0 Å². The largest absolute Gasteiger partial charge is 0.377 e. The van der Waals surface area contributed by atoms with E-state index in [9.17, 15) is 0 Å². The third-order valence-electron chi connectivity index (χ3n) is 4.21. The normalized spacial score (nSPS) is 26.4. The van der Waals surface area contributed by atoms with Gasteiger partial charge in [-0.2, -0.15) is 0 Å². The molecule has 0 spiro atoms. The van der Waals surface area contributed by atoms with Gasteiger partial charge in [0.1, 0.15) is 0 Å². The molecular formula is C13H25NO. The van der Waals surface area contributed by atoms with Crippen LogP contribution in [0.4, 0.5) is 0 Å². The summed E-state index contributed by atoms with van der Waals surface area (Å²) in [7, 11) is 1.86. The Kier molecular flexibility index (Phi) is 3.36. The molecule has 2 fully saturated rings. The average Bonchev–Trinajstić information content (AvgIpc) is 2.92. The van der Waals surface area contributed by atoms with Crippen molar-refractivity contribution in [2.45, 2.75) is 57.6 Å². The smallest absolute Gasteiger partial charge is 0.0802 e. The fraction of sp³-hybridized carbons (Fsp3) is 1.00. The number of ether oxygens (including phenoxy) is 1. The Balaban J connectivity index is 1.79. The van der Waals surface area contributed by atoms with Gasteiger partial charge in [0.2, 0.25) is 0 Å². The Hall–Kier alpha value is -0.0800. The van der Waals surface area contributed by atoms with E-state index in [1.807, 2.05) is 7.11 Å². The standard InChI is InChI=1S/C13H25NO/c1-10(2)12(11-5-6-11)14-9-13(15-3)7-4-8-13/h10-12,14H,4-9H2,1-3H3. The van der Waals surface area contributed by atoms with Gasteiger partial charge in [0.05, 0.1) is 5.60 Å². The van der Waals surface area contributed by atoms with E-state index in [-0.39, 0.29) is 5.60 Å². The maximum Gasteiger partial charge on any atom is 0.0802 e. The van der Waals surface area contributed by atoms with Crippen LogP contribution in [0.25, 0.3) is 0 Å². The molecule has 0 amide bonds. The lowest BCUT2D eigenvalue weighted by molar-refractivity contribution is -0.0719. The molecule has 2 saturated carbocycles. The topological polar surface area (TPSA) is 21.3 Å². The molecule has 0 saturated heterocycles. The second-order valence-corrected chi connectivity index (χ2v) is 5.73. The SMILES string of the molecule is COC1(CNC(C(C)C)C2CC2)CCC1. The molecule has 0 heterocycles. The molecule has 2 rings (SSSR count). The number of methoxy groups -OCH3 is 1. The molecule has 0 bridgehead atoms. The van der Waals surface area contributed by atoms with Gasteiger partial charge in [0.25, 0.3) is 0 Å². The van der Waals surface area contributed by atoms with E-state index >= 15 is 0 Å². The van der Waals surface area contributed by atoms with Gasteiger partial charge >= 0.3 is 0 Å². The highest BCUT2D eigenvalue weighted by atomic mass is 16.5. The first-order valence-corrected chi connectivity index (χ1v) is 6.45. The lowest BCUT2D eigenvalue weighted by atomic mass is 9.79. The van der Waals surface area contributed by atoms with Crippen LogP contribution < -0.4 is 5.32 Å². The Labute approximate surface area is 93.8 Å². The maximum absolute atomic E-state index is 5.64. The quantitative estimate of drug-likeness (QED) is 0.729. The second-order valence-electron chi connectivity index (χ2n) is 5.73. The van der Waals surface area contributed by atoms with Crippen LogP contribution in [0.3, 0.4) is 0 Å². The van der Waals surface area contributed by atoms with Crippen molar-refractivity contribution in [3.05, 3.63) is 0 Å². The minimum atomic E-state index is 0.183. The molecular weight excluding hydrogens is 186 g/mol. The van der Waals surface area contributed by atoms with Gasteiger partial charge in [0, 0.05) is 19.7 Å². The summed E-state index contributed by atoms with van der Waals surface area (Å²) in [6.45, 7) is 5.72. The van der Waals surface area contributed by atoms with Crippen molar-refractivity contribution in [3.8, 4) is 0 Å². The summed E-state index contributed by atoms with van der Waals surface area (Å²) in [5.41, 5.74) is 0.183. The van der Waals surface area contributed by atoms with E-state index in [4.69, 9.17) is 4.74 Å². The van der Waals surface area contributed by atoms with Crippen LogP contribution in [-0.2, 0) is 4.74 Å². The van der Waals surface area contributed by atoms with Gasteiger partial charge in [-0.1, -0.05) is 13.8 Å². The van der Waals surface area contributed by atoms with Gasteiger partial charge in [-0.25, -0.2) is 0 Å². The molecule has 88 valence electrons. The zero-order chi connectivity index (χ0) is 10.9. The minimum absolute atomic E-state index is 0.183. The van der Waals surface area contributed by atoms with E-state index in [0.717, 1.165) is 24.4 Å². The molecule has 0 aromatic rings. The van der Waals surface area contributed by atoms with E-state index in [2.05, 4.69) is 19.2 Å². The molecule has 1 atom stereocenters. The number of hydrogen-bond donors (Lipinski definition) is 1. The van der Waals surface area contributed by atoms with Crippen LogP contribution in [0.2, 0.25) is 0 Å². The summed E-state index contributed by atoms with van der Waals surface area (Å²) >= 11 is 0. The minimum Gasteiger partial charge on any atom is -0.377 e. The fourth-order valence-electron chi connectivity index (χ4n) is 2.73. The number of hydrogen-bond acceptors (Lipinski definition) is 2. The summed E-state index contributed by atoms with van der Waals surface area (Å²) in [5.74, 6) is 1.70. The monoisotopic (exact) mass is 211 g/mol. The fourth-order valence-corrected chi connectivity index (χ4v) is 2.73. The van der Waals surface area contributed by atoms with Gasteiger partial charge < -0.3 is 10.1 Å². The molecule has 0 aliphatic heterocycles. The van der Waals surface area contributed by atoms with Gasteiger partial charge in [-0.15, -0.1) is 0 Å². The Morgan fingerprint density at radius 3 is 2.33 bits per heavy atom. The van der Waals surface area contributed by atoms with Gasteiger partial charge in [-0.3, -0.25) is 0 Å². The Morgan fingerprint density at radius 2 is 2.00 bits per heavy atom. The highest BCUT2D eigenvalue weighted by Gasteiger charge is 2.39. The van der Waals surface area contributed by atoms with Crippen molar-refractivity contribution in [1.82, 2.24) is 5.32 Å². The average molecular weight is 211 g/mol. The molecule has 2 aliphatic rings. The van der Waals surface area contributed by atoms with Crippen molar-refractivity contribution in [2.75, 3.05) is 13.7 Å². The van der Waals surface area contributed by atoms with Crippen molar-refractivity contribution >= 4 is 0 Å². The second kappa shape index (κ2) is 4.42.